The average molecular weight is 255 g/mol. The maximum atomic E-state index is 10.4. The zero-order valence-electron chi connectivity index (χ0n) is 8.18. The van der Waals surface area contributed by atoms with Gasteiger partial charge < -0.3 is 26.5 Å². The highest BCUT2D eigenvalue weighted by Gasteiger charge is 2.15. The molecule has 7 N–H and O–H groups in total. The van der Waals surface area contributed by atoms with Crippen LogP contribution in [0.5, 0.6) is 0 Å². The van der Waals surface area contributed by atoms with E-state index in [1.807, 2.05) is 0 Å². The van der Waals surface area contributed by atoms with Gasteiger partial charge in [0, 0.05) is 5.08 Å². The Kier molecular flexibility index (Phi) is 7.57. The lowest BCUT2D eigenvalue weighted by molar-refractivity contribution is -0.431. The van der Waals surface area contributed by atoms with Gasteiger partial charge in [0.25, 0.3) is 0 Å². The minimum atomic E-state index is -1.16. The summed E-state index contributed by atoms with van der Waals surface area (Å²) in [4.78, 5) is 20.7. The molecule has 0 amide bonds. The molecule has 2 unspecified atom stereocenters. The first kappa shape index (κ1) is 14.6. The molecule has 0 heterocycles. The Morgan fingerprint density at radius 1 is 1.20 bits per heavy atom. The number of carboxylic acid groups (broad SMARTS) is 2. The third-order valence-corrected chi connectivity index (χ3v) is 4.10. The molecule has 15 heavy (non-hydrogen) atoms. The molecule has 0 fully saturated rings. The summed E-state index contributed by atoms with van der Waals surface area (Å²) in [6.07, 6.45) is 0. The van der Waals surface area contributed by atoms with Crippen molar-refractivity contribution >= 4 is 35.5 Å². The van der Waals surface area contributed by atoms with E-state index in [0.717, 1.165) is 0 Å². The molecular formula is C7H15N2O4S2+. The van der Waals surface area contributed by atoms with Gasteiger partial charge in [0.2, 0.25) is 0 Å². The number of hydrogen-bond acceptors (Lipinski definition) is 5. The predicted octanol–water partition coefficient (Wildman–Crippen LogP) is -3.53. The largest absolute Gasteiger partial charge is 0.544 e. The summed E-state index contributed by atoms with van der Waals surface area (Å²) in [5, 5.41) is 19.4. The second-order valence-corrected chi connectivity index (χ2v) is 5.34. The topological polar surface area (TPSA) is 133 Å². The Labute approximate surface area is 95.8 Å². The van der Waals surface area contributed by atoms with Crippen molar-refractivity contribution in [3.63, 3.8) is 0 Å². The van der Waals surface area contributed by atoms with Crippen molar-refractivity contribution in [2.45, 2.75) is 12.1 Å². The van der Waals surface area contributed by atoms with E-state index in [9.17, 15) is 14.7 Å². The molecule has 88 valence electrons. The van der Waals surface area contributed by atoms with Gasteiger partial charge in [-0.2, -0.15) is 0 Å². The van der Waals surface area contributed by atoms with Crippen molar-refractivity contribution in [1.29, 1.82) is 0 Å². The Bertz CT molecular complexity index is 205. The zero-order chi connectivity index (χ0) is 11.8. The molecule has 0 rings (SSSR count). The molecule has 0 saturated heterocycles. The summed E-state index contributed by atoms with van der Waals surface area (Å²) in [5.74, 6) is -1.27. The number of aliphatic carboxylic acids is 2. The number of hydrogen-bond donors (Lipinski definition) is 3. The summed E-state index contributed by atoms with van der Waals surface area (Å²) in [6.45, 7) is 0. The lowest BCUT2D eigenvalue weighted by Crippen LogP contribution is -2.69. The molecule has 0 aliphatic heterocycles. The number of carbonyl (C=O) groups excluding carboxylic acids is 1. The van der Waals surface area contributed by atoms with Crippen molar-refractivity contribution in [1.82, 2.24) is 0 Å². The number of carbonyl (C=O) groups is 2. The summed E-state index contributed by atoms with van der Waals surface area (Å²) in [6, 6.07) is -1.34. The highest BCUT2D eigenvalue weighted by atomic mass is 32.2. The lowest BCUT2D eigenvalue weighted by Gasteiger charge is -2.08. The molecule has 0 saturated carbocycles. The Balaban J connectivity index is 3.40. The summed E-state index contributed by atoms with van der Waals surface area (Å²) in [5.41, 5.74) is 6.85. The van der Waals surface area contributed by atoms with Crippen molar-refractivity contribution in [2.75, 3.05) is 16.6 Å². The second kappa shape index (κ2) is 7.80. The summed E-state index contributed by atoms with van der Waals surface area (Å²) in [7, 11) is 0. The van der Waals surface area contributed by atoms with Crippen LogP contribution in [0, 0.1) is 0 Å². The van der Waals surface area contributed by atoms with Crippen LogP contribution in [0.25, 0.3) is 0 Å². The van der Waals surface area contributed by atoms with Crippen LogP contribution in [0.2, 0.25) is 0 Å². The minimum absolute atomic E-state index is 0.379. The molecule has 0 aromatic rings. The van der Waals surface area contributed by atoms with Crippen molar-refractivity contribution < 1.29 is 31.3 Å². The van der Waals surface area contributed by atoms with E-state index < -0.39 is 24.0 Å². The van der Waals surface area contributed by atoms with Crippen molar-refractivity contribution in [3.8, 4) is 0 Å². The second-order valence-electron chi connectivity index (χ2n) is 2.91. The van der Waals surface area contributed by atoms with Gasteiger partial charge in [-0.15, -0.1) is 23.5 Å². The van der Waals surface area contributed by atoms with E-state index in [1.165, 1.54) is 23.5 Å². The fourth-order valence-electron chi connectivity index (χ4n) is 0.579. The van der Waals surface area contributed by atoms with Gasteiger partial charge in [-0.1, -0.05) is 0 Å². The maximum absolute atomic E-state index is 10.4. The van der Waals surface area contributed by atoms with Crippen LogP contribution in [-0.4, -0.2) is 45.7 Å². The number of rotatable bonds is 8. The van der Waals surface area contributed by atoms with Crippen LogP contribution in [-0.2, 0) is 9.59 Å². The maximum Gasteiger partial charge on any atom is 0.363 e. The third kappa shape index (κ3) is 7.48. The molecule has 8 heteroatoms. The van der Waals surface area contributed by atoms with Crippen LogP contribution >= 0.6 is 23.5 Å². The first-order chi connectivity index (χ1) is 6.95. The van der Waals surface area contributed by atoms with E-state index >= 15 is 0 Å². The van der Waals surface area contributed by atoms with E-state index in [1.54, 1.807) is 0 Å². The molecule has 0 aromatic heterocycles. The molecule has 0 spiro atoms. The lowest BCUT2D eigenvalue weighted by atomic mass is 10.4. The standard InChI is InChI=1S/C7H14N2O4S2/c8-4(6(10)11)1-14-3-15-2-5(9)7(12)13/h4-5H,1-3,8-9H2,(H,10,11)(H,12,13)/p+1. The predicted molar refractivity (Wildman–Crippen MR) is 55.8 cm³/mol. The zero-order valence-corrected chi connectivity index (χ0v) is 9.81. The van der Waals surface area contributed by atoms with Gasteiger partial charge in [-0.05, 0) is 0 Å². The fraction of sp³-hybridized carbons (Fsp3) is 0.714. The van der Waals surface area contributed by atoms with Crippen LogP contribution in [0.15, 0.2) is 0 Å². The molecule has 0 aromatic carbocycles. The Hall–Kier alpha value is -0.440. The van der Waals surface area contributed by atoms with Crippen molar-refractivity contribution in [3.05, 3.63) is 0 Å². The smallest absolute Gasteiger partial charge is 0.363 e. The quantitative estimate of drug-likeness (QED) is 0.304. The number of quaternary nitrogens is 2. The first-order valence-corrected chi connectivity index (χ1v) is 6.51. The molecule has 0 radical (unpaired) electrons. The molecular weight excluding hydrogens is 240 g/mol. The van der Waals surface area contributed by atoms with Gasteiger partial charge in [0.15, 0.2) is 6.04 Å². The van der Waals surface area contributed by atoms with Crippen LogP contribution in [0.3, 0.4) is 0 Å². The van der Waals surface area contributed by atoms with Gasteiger partial charge >= 0.3 is 5.97 Å². The molecule has 6 nitrogen and oxygen atoms in total. The normalized spacial score (nSPS) is 14.5. The van der Waals surface area contributed by atoms with E-state index in [4.69, 9.17) is 5.11 Å². The van der Waals surface area contributed by atoms with Gasteiger partial charge in [-0.3, -0.25) is 0 Å². The fourth-order valence-corrected chi connectivity index (χ4v) is 2.67. The molecule has 0 aliphatic rings. The summed E-state index contributed by atoms with van der Waals surface area (Å²) < 4.78 is 0. The first-order valence-electron chi connectivity index (χ1n) is 4.20. The highest BCUT2D eigenvalue weighted by molar-refractivity contribution is 8.16. The van der Waals surface area contributed by atoms with E-state index in [2.05, 4.69) is 11.5 Å². The number of thioether (sulfide) groups is 2. The molecule has 2 atom stereocenters. The average Bonchev–Trinajstić information content (AvgIpc) is 2.16. The van der Waals surface area contributed by atoms with E-state index in [0.29, 0.717) is 16.6 Å². The van der Waals surface area contributed by atoms with Crippen molar-refractivity contribution in [2.24, 2.45) is 0 Å². The van der Waals surface area contributed by atoms with Crippen LogP contribution < -0.4 is 16.6 Å². The molecule has 0 aliphatic carbocycles. The van der Waals surface area contributed by atoms with E-state index in [-0.39, 0.29) is 0 Å². The summed E-state index contributed by atoms with van der Waals surface area (Å²) >= 11 is 2.82. The monoisotopic (exact) mass is 255 g/mol. The highest BCUT2D eigenvalue weighted by Crippen LogP contribution is 2.12. The van der Waals surface area contributed by atoms with Crippen LogP contribution in [0.4, 0.5) is 0 Å². The van der Waals surface area contributed by atoms with Crippen LogP contribution in [0.1, 0.15) is 0 Å². The van der Waals surface area contributed by atoms with Gasteiger partial charge in [0.1, 0.15) is 6.04 Å². The third-order valence-electron chi connectivity index (χ3n) is 1.49. The Morgan fingerprint density at radius 3 is 2.07 bits per heavy atom. The SMILES string of the molecule is [NH3+]C(CSCSCC([NH3+])C(=O)O)C(=O)[O-]. The molecule has 0 bridgehead atoms. The van der Waals surface area contributed by atoms with Gasteiger partial charge in [0.05, 0.1) is 17.5 Å². The van der Waals surface area contributed by atoms with Gasteiger partial charge in [-0.25, -0.2) is 4.79 Å². The number of carboxylic acids is 2. The minimum Gasteiger partial charge on any atom is -0.544 e. The Morgan fingerprint density at radius 2 is 1.67 bits per heavy atom.